The first-order valence-electron chi connectivity index (χ1n) is 5.39. The van der Waals surface area contributed by atoms with Crippen LogP contribution in [0.1, 0.15) is 6.42 Å². The van der Waals surface area contributed by atoms with Crippen molar-refractivity contribution in [2.75, 3.05) is 17.3 Å². The summed E-state index contributed by atoms with van der Waals surface area (Å²) in [7, 11) is -3.20. The summed E-state index contributed by atoms with van der Waals surface area (Å²) in [4.78, 5) is 11.7. The second kappa shape index (κ2) is 6.31. The molecule has 0 aliphatic heterocycles. The Hall–Kier alpha value is -1.18. The number of benzene rings is 1. The van der Waals surface area contributed by atoms with Crippen molar-refractivity contribution in [3.05, 3.63) is 29.0 Å². The number of hydrogen-bond donors (Lipinski definition) is 2. The molecule has 1 atom stereocenters. The number of carbonyl (C=O) groups is 1. The second-order valence-electron chi connectivity index (χ2n) is 4.11. The predicted octanol–water partition coefficient (Wildman–Crippen LogP) is 1.18. The Morgan fingerprint density at radius 3 is 2.68 bits per heavy atom. The number of anilines is 1. The third-order valence-corrected chi connectivity index (χ3v) is 3.64. The summed E-state index contributed by atoms with van der Waals surface area (Å²) in [5, 5.41) is 2.29. The first-order valence-corrected chi connectivity index (χ1v) is 7.83. The summed E-state index contributed by atoms with van der Waals surface area (Å²) >= 11 is 5.74. The van der Waals surface area contributed by atoms with Crippen LogP contribution in [0.15, 0.2) is 18.2 Å². The SMILES string of the molecule is CS(=O)(=O)CCC(N)C(=O)Nc1c(F)cccc1Cl. The van der Waals surface area contributed by atoms with Crippen molar-refractivity contribution in [3.8, 4) is 0 Å². The van der Waals surface area contributed by atoms with Crippen LogP contribution >= 0.6 is 11.6 Å². The van der Waals surface area contributed by atoms with Crippen LogP contribution in [0.3, 0.4) is 0 Å². The van der Waals surface area contributed by atoms with E-state index in [2.05, 4.69) is 5.32 Å². The van der Waals surface area contributed by atoms with Gasteiger partial charge in [-0.2, -0.15) is 0 Å². The molecule has 0 radical (unpaired) electrons. The first-order chi connectivity index (χ1) is 8.70. The quantitative estimate of drug-likeness (QED) is 0.855. The van der Waals surface area contributed by atoms with Gasteiger partial charge in [-0.1, -0.05) is 17.7 Å². The molecule has 0 aliphatic carbocycles. The number of para-hydroxylation sites is 1. The number of nitrogens with one attached hydrogen (secondary N) is 1. The summed E-state index contributed by atoms with van der Waals surface area (Å²) in [6.45, 7) is 0. The molecule has 1 rings (SSSR count). The molecule has 0 fully saturated rings. The lowest BCUT2D eigenvalue weighted by molar-refractivity contribution is -0.117. The molecule has 0 bridgehead atoms. The molecule has 0 heterocycles. The van der Waals surface area contributed by atoms with E-state index in [1.807, 2.05) is 0 Å². The molecule has 0 aliphatic rings. The molecule has 8 heteroatoms. The molecule has 0 aromatic heterocycles. The minimum Gasteiger partial charge on any atom is -0.321 e. The van der Waals surface area contributed by atoms with Crippen molar-refractivity contribution in [1.29, 1.82) is 0 Å². The van der Waals surface area contributed by atoms with Gasteiger partial charge in [-0.25, -0.2) is 12.8 Å². The molecule has 1 unspecified atom stereocenters. The molecule has 1 amide bonds. The van der Waals surface area contributed by atoms with E-state index < -0.39 is 27.6 Å². The van der Waals surface area contributed by atoms with E-state index in [1.54, 1.807) is 0 Å². The first kappa shape index (κ1) is 15.9. The van der Waals surface area contributed by atoms with Crippen LogP contribution in [-0.2, 0) is 14.6 Å². The molecule has 1 aromatic rings. The van der Waals surface area contributed by atoms with E-state index in [4.69, 9.17) is 17.3 Å². The molecule has 106 valence electrons. The molecule has 1 aromatic carbocycles. The zero-order chi connectivity index (χ0) is 14.6. The van der Waals surface area contributed by atoms with Crippen LogP contribution < -0.4 is 11.1 Å². The molecular formula is C11H14ClFN2O3S. The lowest BCUT2D eigenvalue weighted by Crippen LogP contribution is -2.37. The minimum absolute atomic E-state index is 0.0449. The zero-order valence-electron chi connectivity index (χ0n) is 10.2. The lowest BCUT2D eigenvalue weighted by Gasteiger charge is -2.13. The number of rotatable bonds is 5. The van der Waals surface area contributed by atoms with Gasteiger partial charge < -0.3 is 11.1 Å². The van der Waals surface area contributed by atoms with Crippen molar-refractivity contribution >= 4 is 33.0 Å². The normalized spacial score (nSPS) is 13.1. The Labute approximate surface area is 115 Å². The molecule has 19 heavy (non-hydrogen) atoms. The van der Waals surface area contributed by atoms with Crippen molar-refractivity contribution in [1.82, 2.24) is 0 Å². The second-order valence-corrected chi connectivity index (χ2v) is 6.78. The number of hydrogen-bond acceptors (Lipinski definition) is 4. The summed E-state index contributed by atoms with van der Waals surface area (Å²) in [5.74, 6) is -1.58. The van der Waals surface area contributed by atoms with Gasteiger partial charge in [-0.05, 0) is 18.6 Å². The Bertz CT molecular complexity index is 557. The number of halogens is 2. The maximum Gasteiger partial charge on any atom is 0.241 e. The van der Waals surface area contributed by atoms with Gasteiger partial charge in [0.2, 0.25) is 5.91 Å². The van der Waals surface area contributed by atoms with E-state index >= 15 is 0 Å². The summed E-state index contributed by atoms with van der Waals surface area (Å²) in [5.41, 5.74) is 5.37. The van der Waals surface area contributed by atoms with Crippen molar-refractivity contribution in [2.24, 2.45) is 5.73 Å². The van der Waals surface area contributed by atoms with Gasteiger partial charge in [-0.3, -0.25) is 4.79 Å². The van der Waals surface area contributed by atoms with Crippen LogP contribution in [0, 0.1) is 5.82 Å². The van der Waals surface area contributed by atoms with Crippen LogP contribution in [0.5, 0.6) is 0 Å². The highest BCUT2D eigenvalue weighted by Gasteiger charge is 2.18. The zero-order valence-corrected chi connectivity index (χ0v) is 11.8. The molecule has 0 saturated heterocycles. The molecule has 0 spiro atoms. The lowest BCUT2D eigenvalue weighted by atomic mass is 10.2. The highest BCUT2D eigenvalue weighted by Crippen LogP contribution is 2.24. The smallest absolute Gasteiger partial charge is 0.241 e. The minimum atomic E-state index is -3.20. The number of sulfone groups is 1. The third kappa shape index (κ3) is 5.14. The third-order valence-electron chi connectivity index (χ3n) is 2.35. The van der Waals surface area contributed by atoms with Crippen molar-refractivity contribution in [3.63, 3.8) is 0 Å². The Kier molecular flexibility index (Phi) is 5.28. The number of nitrogens with two attached hydrogens (primary N) is 1. The molecule has 3 N–H and O–H groups in total. The predicted molar refractivity (Wildman–Crippen MR) is 72.3 cm³/mol. The van der Waals surface area contributed by atoms with E-state index in [0.29, 0.717) is 0 Å². The fourth-order valence-corrected chi connectivity index (χ4v) is 2.20. The monoisotopic (exact) mass is 308 g/mol. The Morgan fingerprint density at radius 2 is 2.16 bits per heavy atom. The highest BCUT2D eigenvalue weighted by atomic mass is 35.5. The van der Waals surface area contributed by atoms with Crippen LogP contribution in [0.4, 0.5) is 10.1 Å². The summed E-state index contributed by atoms with van der Waals surface area (Å²) < 4.78 is 35.3. The van der Waals surface area contributed by atoms with E-state index in [0.717, 1.165) is 12.3 Å². The van der Waals surface area contributed by atoms with Crippen molar-refractivity contribution < 1.29 is 17.6 Å². The van der Waals surface area contributed by atoms with E-state index in [9.17, 15) is 17.6 Å². The van der Waals surface area contributed by atoms with Gasteiger partial charge >= 0.3 is 0 Å². The number of carbonyl (C=O) groups excluding carboxylic acids is 1. The maximum absolute atomic E-state index is 13.4. The van der Waals surface area contributed by atoms with Crippen LogP contribution in [0.2, 0.25) is 5.02 Å². The van der Waals surface area contributed by atoms with E-state index in [1.165, 1.54) is 12.1 Å². The summed E-state index contributed by atoms with van der Waals surface area (Å²) in [6.07, 6.45) is 1.00. The Morgan fingerprint density at radius 1 is 1.53 bits per heavy atom. The molecule has 5 nitrogen and oxygen atoms in total. The fourth-order valence-electron chi connectivity index (χ4n) is 1.31. The maximum atomic E-state index is 13.4. The molecule has 0 saturated carbocycles. The van der Waals surface area contributed by atoms with E-state index in [-0.39, 0.29) is 22.9 Å². The van der Waals surface area contributed by atoms with Gasteiger partial charge in [0.15, 0.2) is 0 Å². The largest absolute Gasteiger partial charge is 0.321 e. The van der Waals surface area contributed by atoms with Gasteiger partial charge in [0.1, 0.15) is 15.7 Å². The average molecular weight is 309 g/mol. The van der Waals surface area contributed by atoms with Gasteiger partial charge in [-0.15, -0.1) is 0 Å². The topological polar surface area (TPSA) is 89.3 Å². The van der Waals surface area contributed by atoms with Crippen molar-refractivity contribution in [2.45, 2.75) is 12.5 Å². The van der Waals surface area contributed by atoms with Gasteiger partial charge in [0.25, 0.3) is 0 Å². The standard InChI is InChI=1S/C11H14ClFN2O3S/c1-19(17,18)6-5-9(14)11(16)15-10-7(12)3-2-4-8(10)13/h2-4,9H,5-6,14H2,1H3,(H,15,16). The summed E-state index contributed by atoms with van der Waals surface area (Å²) in [6, 6.07) is 2.91. The Balaban J connectivity index is 2.69. The highest BCUT2D eigenvalue weighted by molar-refractivity contribution is 7.90. The average Bonchev–Trinajstić information content (AvgIpc) is 2.29. The van der Waals surface area contributed by atoms with Crippen LogP contribution in [0.25, 0.3) is 0 Å². The van der Waals surface area contributed by atoms with Gasteiger partial charge in [0.05, 0.1) is 22.5 Å². The fraction of sp³-hybridized carbons (Fsp3) is 0.364. The van der Waals surface area contributed by atoms with Crippen LogP contribution in [-0.4, -0.2) is 32.4 Å². The van der Waals surface area contributed by atoms with Gasteiger partial charge in [0, 0.05) is 6.26 Å². The molecular weight excluding hydrogens is 295 g/mol. The number of amides is 1.